The number of carbonyl (C=O) groups excluding carboxylic acids is 2. The summed E-state index contributed by atoms with van der Waals surface area (Å²) in [7, 11) is 5.94. The van der Waals surface area contributed by atoms with Crippen molar-refractivity contribution in [2.45, 2.75) is 257 Å². The molecular formula is C88H136NO8+. The van der Waals surface area contributed by atoms with Gasteiger partial charge in [-0.15, -0.1) is 0 Å². The second-order valence-electron chi connectivity index (χ2n) is 25.1. The number of nitrogens with zero attached hydrogens (tertiary/aromatic N) is 1. The predicted octanol–water partition coefficient (Wildman–Crippen LogP) is 24.2. The lowest BCUT2D eigenvalue weighted by Crippen LogP contribution is -2.40. The highest BCUT2D eigenvalue weighted by Crippen LogP contribution is 2.15. The molecule has 2 atom stereocenters. The molecule has 0 fully saturated rings. The highest BCUT2D eigenvalue weighted by molar-refractivity contribution is 5.71. The maximum atomic E-state index is 13.0. The smallest absolute Gasteiger partial charge is 0.361 e. The molecule has 0 aliphatic carbocycles. The summed E-state index contributed by atoms with van der Waals surface area (Å²) in [5, 5.41) is 9.76. The largest absolute Gasteiger partial charge is 0.477 e. The lowest BCUT2D eigenvalue weighted by atomic mass is 10.0. The predicted molar refractivity (Wildman–Crippen MR) is 418 cm³/mol. The van der Waals surface area contributed by atoms with Gasteiger partial charge in [-0.05, 0) is 161 Å². The molecule has 2 unspecified atom stereocenters. The van der Waals surface area contributed by atoms with Gasteiger partial charge in [0.25, 0.3) is 6.29 Å². The molecule has 0 amide bonds. The van der Waals surface area contributed by atoms with E-state index in [1.54, 1.807) is 0 Å². The fourth-order valence-electron chi connectivity index (χ4n) is 9.27. The molecule has 0 rings (SSSR count). The number of esters is 2. The molecule has 0 aromatic rings. The minimum Gasteiger partial charge on any atom is -0.477 e. The Labute approximate surface area is 593 Å². The first-order valence-corrected chi connectivity index (χ1v) is 37.5. The number of hydrogen-bond acceptors (Lipinski definition) is 7. The van der Waals surface area contributed by atoms with E-state index in [0.29, 0.717) is 17.4 Å². The van der Waals surface area contributed by atoms with Crippen molar-refractivity contribution in [3.05, 3.63) is 231 Å². The van der Waals surface area contributed by atoms with E-state index in [2.05, 4.69) is 245 Å². The highest BCUT2D eigenvalue weighted by atomic mass is 16.7. The van der Waals surface area contributed by atoms with Crippen LogP contribution in [0.1, 0.15) is 245 Å². The number of ether oxygens (including phenoxy) is 4. The van der Waals surface area contributed by atoms with Gasteiger partial charge < -0.3 is 28.5 Å². The molecule has 0 spiro atoms. The third-order valence-corrected chi connectivity index (χ3v) is 14.9. The zero-order valence-corrected chi connectivity index (χ0v) is 61.6. The summed E-state index contributed by atoms with van der Waals surface area (Å²) in [6, 6.07) is 0. The SMILES string of the molecule is CC/C=C\C/C=C\C/C=C\C/C=C\C/C=C\C/C=C\C/C=C\C/C=C\C/C=C\C/C=C\C/C=C\C/C=C\CCCCC(=O)OC(COC(=O)CCCCCCCCCCCCC/C=C\C/C=C\C/C=C\C/C=C\C/C=C\C/C=C\C/C=C\CC)COC(OCC[N+](C)(C)C)C(=O)O. The van der Waals surface area contributed by atoms with E-state index >= 15 is 0 Å². The van der Waals surface area contributed by atoms with Crippen LogP contribution in [0.2, 0.25) is 0 Å². The van der Waals surface area contributed by atoms with E-state index in [9.17, 15) is 19.5 Å². The van der Waals surface area contributed by atoms with Crippen molar-refractivity contribution in [2.75, 3.05) is 47.5 Å². The van der Waals surface area contributed by atoms with Gasteiger partial charge in [-0.3, -0.25) is 9.59 Å². The van der Waals surface area contributed by atoms with Crippen molar-refractivity contribution < 1.29 is 42.9 Å². The molecule has 0 heterocycles. The standard InChI is InChI=1S/C88H135NO8/c1-6-8-10-12-14-16-18-20-22-24-26-28-30-32-34-36-38-40-41-42-43-44-45-47-49-51-53-55-57-59-61-63-65-67-69-71-73-75-77-79-86(91)97-84(83-96-88(87(92)93)94-81-80-89(3,4)5)82-95-85(90)78-76-74-72-70-68-66-64-62-60-58-56-54-52-50-48-46-39-37-35-33-31-29-27-25-23-21-19-17-15-13-11-9-7-2/h8-11,14-17,20-23,26-29,32-35,38-40,42-43,45-47,50-53,57,59,63,65,69,71,84,88H,6-7,12-13,18-19,24-25,30-31,36-37,41,44,48-49,54-56,58,60-62,64,66-68,70,72-83H2,1-5H3/p+1/b10-8-,11-9-,16-14-,17-15-,22-20-,23-21-,28-26-,29-27-,34-32-,35-33-,40-38-,43-42-,46-39-,47-45-,52-50-,53-51-,59-57-,65-63-,71-69-. The van der Waals surface area contributed by atoms with E-state index in [-0.39, 0.29) is 38.6 Å². The monoisotopic (exact) mass is 1340 g/mol. The third-order valence-electron chi connectivity index (χ3n) is 14.9. The topological polar surface area (TPSA) is 108 Å². The summed E-state index contributed by atoms with van der Waals surface area (Å²) in [5.74, 6) is -2.10. The first kappa shape index (κ1) is 90.4. The number of likely N-dealkylation sites (N-methyl/N-ethyl adjacent to an activating group) is 1. The lowest BCUT2D eigenvalue weighted by molar-refractivity contribution is -0.870. The van der Waals surface area contributed by atoms with Gasteiger partial charge in [0, 0.05) is 12.8 Å². The van der Waals surface area contributed by atoms with Crippen molar-refractivity contribution in [1.29, 1.82) is 0 Å². The fourth-order valence-corrected chi connectivity index (χ4v) is 9.27. The summed E-state index contributed by atoms with van der Waals surface area (Å²) in [4.78, 5) is 37.7. The number of quaternary nitrogens is 1. The summed E-state index contributed by atoms with van der Waals surface area (Å²) in [5.41, 5.74) is 0. The number of unbranched alkanes of at least 4 members (excludes halogenated alkanes) is 13. The number of carbonyl (C=O) groups is 3. The fraction of sp³-hybridized carbons (Fsp3) is 0.534. The van der Waals surface area contributed by atoms with Gasteiger partial charge in [-0.1, -0.05) is 303 Å². The van der Waals surface area contributed by atoms with Crippen LogP contribution in [-0.4, -0.2) is 87.4 Å². The molecule has 0 aliphatic rings. The average Bonchev–Trinajstić information content (AvgIpc) is 2.39. The maximum absolute atomic E-state index is 13.0. The molecule has 9 nitrogen and oxygen atoms in total. The molecule has 0 saturated carbocycles. The Morgan fingerprint density at radius 2 is 0.557 bits per heavy atom. The van der Waals surface area contributed by atoms with Crippen LogP contribution in [0.25, 0.3) is 0 Å². The van der Waals surface area contributed by atoms with E-state index in [0.717, 1.165) is 167 Å². The Bertz CT molecular complexity index is 2450. The van der Waals surface area contributed by atoms with Gasteiger partial charge in [0.2, 0.25) is 0 Å². The lowest BCUT2D eigenvalue weighted by Gasteiger charge is -2.25. The first-order chi connectivity index (χ1) is 47.6. The zero-order valence-electron chi connectivity index (χ0n) is 61.6. The van der Waals surface area contributed by atoms with Gasteiger partial charge in [0.15, 0.2) is 6.10 Å². The number of allylic oxidation sites excluding steroid dienone is 38. The molecule has 0 saturated heterocycles. The van der Waals surface area contributed by atoms with Gasteiger partial charge in [-0.2, -0.15) is 0 Å². The molecule has 0 aromatic carbocycles. The Hall–Kier alpha value is -6.65. The van der Waals surface area contributed by atoms with Crippen LogP contribution in [0.3, 0.4) is 0 Å². The number of aliphatic carboxylic acids is 1. The molecule has 540 valence electrons. The van der Waals surface area contributed by atoms with Gasteiger partial charge in [0.05, 0.1) is 34.4 Å². The molecular weight excluding hydrogens is 1200 g/mol. The number of hydrogen-bond donors (Lipinski definition) is 1. The summed E-state index contributed by atoms with van der Waals surface area (Å²) in [6.45, 7) is 4.56. The number of carboxylic acid groups (broad SMARTS) is 1. The van der Waals surface area contributed by atoms with Crippen LogP contribution in [0.5, 0.6) is 0 Å². The van der Waals surface area contributed by atoms with Crippen molar-refractivity contribution >= 4 is 17.9 Å². The Kier molecular flexibility index (Phi) is 70.0. The number of rotatable bonds is 66. The van der Waals surface area contributed by atoms with Crippen molar-refractivity contribution in [1.82, 2.24) is 0 Å². The van der Waals surface area contributed by atoms with Gasteiger partial charge >= 0.3 is 17.9 Å². The first-order valence-electron chi connectivity index (χ1n) is 37.5. The second-order valence-corrected chi connectivity index (χ2v) is 25.1. The maximum Gasteiger partial charge on any atom is 0.361 e. The Balaban J connectivity index is 4.27. The minimum absolute atomic E-state index is 0.166. The van der Waals surface area contributed by atoms with Crippen molar-refractivity contribution in [3.8, 4) is 0 Å². The van der Waals surface area contributed by atoms with E-state index < -0.39 is 24.3 Å². The van der Waals surface area contributed by atoms with Crippen LogP contribution in [0.4, 0.5) is 0 Å². The van der Waals surface area contributed by atoms with Crippen LogP contribution in [-0.2, 0) is 33.3 Å². The summed E-state index contributed by atoms with van der Waals surface area (Å²) >= 11 is 0. The zero-order chi connectivity index (χ0) is 70.4. The molecule has 0 radical (unpaired) electrons. The molecule has 97 heavy (non-hydrogen) atoms. The number of carboxylic acids is 1. The van der Waals surface area contributed by atoms with Gasteiger partial charge in [0.1, 0.15) is 13.2 Å². The molecule has 0 bridgehead atoms. The van der Waals surface area contributed by atoms with Crippen molar-refractivity contribution in [2.24, 2.45) is 0 Å². The molecule has 9 heteroatoms. The molecule has 0 aromatic heterocycles. The summed E-state index contributed by atoms with van der Waals surface area (Å²) in [6.07, 6.45) is 117. The van der Waals surface area contributed by atoms with E-state index in [4.69, 9.17) is 18.9 Å². The Morgan fingerprint density at radius 1 is 0.309 bits per heavy atom. The van der Waals surface area contributed by atoms with Crippen LogP contribution < -0.4 is 0 Å². The summed E-state index contributed by atoms with van der Waals surface area (Å²) < 4.78 is 22.9. The quantitative estimate of drug-likeness (QED) is 0.0211. The Morgan fingerprint density at radius 3 is 0.845 bits per heavy atom. The van der Waals surface area contributed by atoms with Crippen LogP contribution in [0.15, 0.2) is 231 Å². The molecule has 0 aliphatic heterocycles. The minimum atomic E-state index is -1.54. The van der Waals surface area contributed by atoms with Crippen LogP contribution in [0, 0.1) is 0 Å². The van der Waals surface area contributed by atoms with Crippen LogP contribution >= 0.6 is 0 Å². The highest BCUT2D eigenvalue weighted by Gasteiger charge is 2.25. The average molecular weight is 1340 g/mol. The normalized spacial score (nSPS) is 14.0. The van der Waals surface area contributed by atoms with E-state index in [1.807, 2.05) is 21.1 Å². The van der Waals surface area contributed by atoms with Crippen molar-refractivity contribution in [3.63, 3.8) is 0 Å². The second kappa shape index (κ2) is 75.1. The van der Waals surface area contributed by atoms with Gasteiger partial charge in [-0.25, -0.2) is 4.79 Å². The molecule has 1 N–H and O–H groups in total. The third kappa shape index (κ3) is 76.6. The van der Waals surface area contributed by atoms with E-state index in [1.165, 1.54) is 44.9 Å².